The van der Waals surface area contributed by atoms with Gasteiger partial charge in [-0.15, -0.1) is 24.0 Å². The van der Waals surface area contributed by atoms with Crippen molar-refractivity contribution in [1.29, 1.82) is 0 Å². The van der Waals surface area contributed by atoms with Crippen molar-refractivity contribution in [1.82, 2.24) is 15.5 Å². The minimum absolute atomic E-state index is 0. The number of rotatable bonds is 6. The minimum Gasteiger partial charge on any atom is -0.356 e. The number of benzene rings is 1. The van der Waals surface area contributed by atoms with Gasteiger partial charge in [0.05, 0.1) is 0 Å². The molecule has 2 atom stereocenters. The third kappa shape index (κ3) is 7.52. The van der Waals surface area contributed by atoms with Crippen LogP contribution in [0.1, 0.15) is 43.7 Å². The summed E-state index contributed by atoms with van der Waals surface area (Å²) in [5.41, 5.74) is 2.70. The molecule has 2 unspecified atom stereocenters. The lowest BCUT2D eigenvalue weighted by molar-refractivity contribution is 0.183. The minimum atomic E-state index is 0. The molecule has 1 saturated heterocycles. The summed E-state index contributed by atoms with van der Waals surface area (Å²) in [7, 11) is 1.85. The SMILES string of the molecule is CCN1CCCC(CNC(=NC)NCC(C)c2cccc(C)c2)C1.I. The lowest BCUT2D eigenvalue weighted by atomic mass is 9.98. The standard InChI is InChI=1S/C20H34N4.HI/c1-5-24-11-7-9-18(15-24)14-23-20(21-4)22-13-17(3)19-10-6-8-16(2)12-19;/h6,8,10,12,17-18H,5,7,9,11,13-15H2,1-4H3,(H2,21,22,23);1H. The fraction of sp³-hybridized carbons (Fsp3) is 0.650. The summed E-state index contributed by atoms with van der Waals surface area (Å²) in [5.74, 6) is 2.11. The molecule has 2 N–H and O–H groups in total. The fourth-order valence-corrected chi connectivity index (χ4v) is 3.41. The van der Waals surface area contributed by atoms with Crippen LogP contribution in [-0.2, 0) is 0 Å². The molecule has 1 aromatic carbocycles. The first-order chi connectivity index (χ1) is 11.6. The number of nitrogens with one attached hydrogen (secondary N) is 2. The largest absolute Gasteiger partial charge is 0.356 e. The predicted octanol–water partition coefficient (Wildman–Crippen LogP) is 3.61. The summed E-state index contributed by atoms with van der Waals surface area (Å²) >= 11 is 0. The average molecular weight is 458 g/mol. The van der Waals surface area contributed by atoms with Crippen LogP contribution in [0.15, 0.2) is 29.3 Å². The molecule has 0 aromatic heterocycles. The Kier molecular flexibility index (Phi) is 10.4. The number of guanidine groups is 1. The topological polar surface area (TPSA) is 39.7 Å². The van der Waals surface area contributed by atoms with Gasteiger partial charge in [0.25, 0.3) is 0 Å². The van der Waals surface area contributed by atoms with Gasteiger partial charge in [0, 0.05) is 26.7 Å². The molecule has 0 aliphatic carbocycles. The molecule has 25 heavy (non-hydrogen) atoms. The Balaban J connectivity index is 0.00000312. The molecule has 4 nitrogen and oxygen atoms in total. The molecule has 5 heteroatoms. The second-order valence-corrected chi connectivity index (χ2v) is 7.05. The number of aliphatic imine (C=N–C) groups is 1. The van der Waals surface area contributed by atoms with Gasteiger partial charge < -0.3 is 15.5 Å². The summed E-state index contributed by atoms with van der Waals surface area (Å²) in [6.45, 7) is 12.2. The van der Waals surface area contributed by atoms with Crippen LogP contribution in [-0.4, -0.2) is 50.6 Å². The quantitative estimate of drug-likeness (QED) is 0.389. The first kappa shape index (κ1) is 22.2. The highest BCUT2D eigenvalue weighted by Gasteiger charge is 2.18. The maximum absolute atomic E-state index is 4.38. The summed E-state index contributed by atoms with van der Waals surface area (Å²) in [5, 5.41) is 6.99. The Hall–Kier alpha value is -0.820. The second kappa shape index (κ2) is 11.7. The predicted molar refractivity (Wildman–Crippen MR) is 119 cm³/mol. The molecule has 0 amide bonds. The molecular formula is C20H35IN4. The average Bonchev–Trinajstić information content (AvgIpc) is 2.61. The van der Waals surface area contributed by atoms with Crippen LogP contribution in [0.3, 0.4) is 0 Å². The number of nitrogens with zero attached hydrogens (tertiary/aromatic N) is 2. The van der Waals surface area contributed by atoms with Gasteiger partial charge in [-0.2, -0.15) is 0 Å². The van der Waals surface area contributed by atoms with Gasteiger partial charge in [-0.3, -0.25) is 4.99 Å². The maximum atomic E-state index is 4.38. The van der Waals surface area contributed by atoms with E-state index in [4.69, 9.17) is 0 Å². The Morgan fingerprint density at radius 3 is 2.84 bits per heavy atom. The van der Waals surface area contributed by atoms with E-state index in [0.29, 0.717) is 5.92 Å². The van der Waals surface area contributed by atoms with E-state index < -0.39 is 0 Å². The van der Waals surface area contributed by atoms with Gasteiger partial charge in [0.1, 0.15) is 0 Å². The van der Waals surface area contributed by atoms with E-state index in [0.717, 1.165) is 31.5 Å². The molecule has 1 heterocycles. The van der Waals surface area contributed by atoms with Gasteiger partial charge in [-0.1, -0.05) is 43.7 Å². The van der Waals surface area contributed by atoms with Crippen LogP contribution in [0, 0.1) is 12.8 Å². The summed E-state index contributed by atoms with van der Waals surface area (Å²) < 4.78 is 0. The number of hydrogen-bond acceptors (Lipinski definition) is 2. The molecule has 142 valence electrons. The van der Waals surface area contributed by atoms with Crippen LogP contribution in [0.4, 0.5) is 0 Å². The highest BCUT2D eigenvalue weighted by molar-refractivity contribution is 14.0. The smallest absolute Gasteiger partial charge is 0.191 e. The van der Waals surface area contributed by atoms with Gasteiger partial charge in [-0.25, -0.2) is 0 Å². The molecule has 1 aliphatic rings. The third-order valence-corrected chi connectivity index (χ3v) is 5.02. The number of piperidine rings is 1. The zero-order valence-electron chi connectivity index (χ0n) is 16.2. The molecule has 0 spiro atoms. The molecule has 1 aromatic rings. The Morgan fingerprint density at radius 1 is 1.36 bits per heavy atom. The van der Waals surface area contributed by atoms with E-state index in [2.05, 4.69) is 65.6 Å². The second-order valence-electron chi connectivity index (χ2n) is 7.05. The van der Waals surface area contributed by atoms with Crippen LogP contribution in [0.25, 0.3) is 0 Å². The van der Waals surface area contributed by atoms with E-state index in [1.165, 1.54) is 37.1 Å². The van der Waals surface area contributed by atoms with Crippen molar-refractivity contribution in [2.45, 2.75) is 39.5 Å². The molecule has 0 radical (unpaired) electrons. The summed E-state index contributed by atoms with van der Waals surface area (Å²) in [6, 6.07) is 8.76. The van der Waals surface area contributed by atoms with Crippen LogP contribution >= 0.6 is 24.0 Å². The molecule has 0 saturated carbocycles. The van der Waals surface area contributed by atoms with E-state index >= 15 is 0 Å². The van der Waals surface area contributed by atoms with Crippen molar-refractivity contribution < 1.29 is 0 Å². The first-order valence-corrected chi connectivity index (χ1v) is 9.35. The molecule has 2 rings (SSSR count). The number of aryl methyl sites for hydroxylation is 1. The van der Waals surface area contributed by atoms with Crippen molar-refractivity contribution in [2.75, 3.05) is 39.8 Å². The zero-order valence-corrected chi connectivity index (χ0v) is 18.5. The summed E-state index contributed by atoms with van der Waals surface area (Å²) in [6.07, 6.45) is 2.64. The Labute approximate surface area is 170 Å². The summed E-state index contributed by atoms with van der Waals surface area (Å²) in [4.78, 5) is 6.92. The van der Waals surface area contributed by atoms with Crippen molar-refractivity contribution >= 4 is 29.9 Å². The van der Waals surface area contributed by atoms with Crippen molar-refractivity contribution in [3.8, 4) is 0 Å². The first-order valence-electron chi connectivity index (χ1n) is 9.35. The van der Waals surface area contributed by atoms with Gasteiger partial charge in [0.15, 0.2) is 5.96 Å². The zero-order chi connectivity index (χ0) is 17.4. The van der Waals surface area contributed by atoms with Crippen LogP contribution < -0.4 is 10.6 Å². The van der Waals surface area contributed by atoms with Crippen molar-refractivity contribution in [3.63, 3.8) is 0 Å². The van der Waals surface area contributed by atoms with E-state index in [-0.39, 0.29) is 24.0 Å². The molecule has 1 fully saturated rings. The van der Waals surface area contributed by atoms with E-state index in [1.54, 1.807) is 0 Å². The highest BCUT2D eigenvalue weighted by atomic mass is 127. The van der Waals surface area contributed by atoms with Gasteiger partial charge in [0.2, 0.25) is 0 Å². The van der Waals surface area contributed by atoms with Crippen molar-refractivity contribution in [3.05, 3.63) is 35.4 Å². The Bertz CT molecular complexity index is 532. The van der Waals surface area contributed by atoms with Crippen LogP contribution in [0.2, 0.25) is 0 Å². The molecule has 0 bridgehead atoms. The Morgan fingerprint density at radius 2 is 2.16 bits per heavy atom. The number of halogens is 1. The molecule has 1 aliphatic heterocycles. The number of hydrogen-bond donors (Lipinski definition) is 2. The lowest BCUT2D eigenvalue weighted by Gasteiger charge is -2.32. The van der Waals surface area contributed by atoms with E-state index in [1.807, 2.05) is 7.05 Å². The molecular weight excluding hydrogens is 423 g/mol. The number of likely N-dealkylation sites (tertiary alicyclic amines) is 1. The third-order valence-electron chi connectivity index (χ3n) is 5.02. The van der Waals surface area contributed by atoms with E-state index in [9.17, 15) is 0 Å². The highest BCUT2D eigenvalue weighted by Crippen LogP contribution is 2.16. The van der Waals surface area contributed by atoms with Gasteiger partial charge >= 0.3 is 0 Å². The fourth-order valence-electron chi connectivity index (χ4n) is 3.41. The van der Waals surface area contributed by atoms with Crippen LogP contribution in [0.5, 0.6) is 0 Å². The monoisotopic (exact) mass is 458 g/mol. The lowest BCUT2D eigenvalue weighted by Crippen LogP contribution is -2.45. The normalized spacial score (nSPS) is 19.8. The van der Waals surface area contributed by atoms with Crippen molar-refractivity contribution in [2.24, 2.45) is 10.9 Å². The maximum Gasteiger partial charge on any atom is 0.191 e. The van der Waals surface area contributed by atoms with Gasteiger partial charge in [-0.05, 0) is 50.3 Å².